The Kier molecular flexibility index (Phi) is 58.3. The minimum absolute atomic E-state index is 0. The van der Waals surface area contributed by atoms with Gasteiger partial charge in [-0.3, -0.25) is 0 Å². The normalized spacial score (nSPS) is 7.12. The molecule has 0 aromatic carbocycles. The number of unbranched alkanes of at least 4 members (excludes halogenated alkanes) is 2. The third-order valence-electron chi connectivity index (χ3n) is 1.41. The second-order valence-electron chi connectivity index (χ2n) is 2.65. The van der Waals surface area contributed by atoms with Crippen LogP contribution in [0.1, 0.15) is 39.5 Å². The average molecular weight is 349 g/mol. The second kappa shape index (κ2) is 36.0. The molecule has 0 fully saturated rings. The summed E-state index contributed by atoms with van der Waals surface area (Å²) in [7, 11) is 0. The Morgan fingerprint density at radius 1 is 0.938 bits per heavy atom. The van der Waals surface area contributed by atoms with E-state index in [4.69, 9.17) is 0 Å². The summed E-state index contributed by atoms with van der Waals surface area (Å²) in [6.07, 6.45) is 5.26. The molecule has 6 heteroatoms. The standard InChI is InChI=1S/C8H19N.2CH2S2.Zn/c1-3-5-7-9-8-6-4-2;2*2-1-3;/h9H,3-8H2,1-2H3;2*1H,(H,2,3);/q;;;+2/p-2. The monoisotopic (exact) mass is 347 g/mol. The van der Waals surface area contributed by atoms with E-state index >= 15 is 0 Å². The van der Waals surface area contributed by atoms with E-state index in [2.05, 4.69) is 68.9 Å². The maximum Gasteiger partial charge on any atom is 2.00 e. The van der Waals surface area contributed by atoms with Crippen LogP contribution in [0.4, 0.5) is 0 Å². The number of rotatable bonds is 6. The second-order valence-corrected chi connectivity index (χ2v) is 4.19. The molecular formula is C10H21NS4Zn. The van der Waals surface area contributed by atoms with Gasteiger partial charge in [-0.15, -0.1) is 0 Å². The molecule has 0 bridgehead atoms. The predicted molar refractivity (Wildman–Crippen MR) is 84.7 cm³/mol. The Hall–Kier alpha value is 1.20. The zero-order valence-electron chi connectivity index (χ0n) is 10.2. The van der Waals surface area contributed by atoms with E-state index in [1.807, 2.05) is 0 Å². The van der Waals surface area contributed by atoms with Gasteiger partial charge in [-0.1, -0.05) is 26.7 Å². The van der Waals surface area contributed by atoms with Gasteiger partial charge in [0.25, 0.3) is 0 Å². The molecule has 0 heterocycles. The Labute approximate surface area is 135 Å². The SMILES string of the molecule is CCCCNCCCC.S=C[S-].S=C[S-].[Zn+2]. The van der Waals surface area contributed by atoms with Crippen molar-refractivity contribution < 1.29 is 19.5 Å². The maximum absolute atomic E-state index is 4.08. The number of hydrogen-bond acceptors (Lipinski definition) is 5. The van der Waals surface area contributed by atoms with Crippen molar-refractivity contribution in [2.75, 3.05) is 13.1 Å². The zero-order chi connectivity index (χ0) is 12.4. The molecule has 0 aliphatic rings. The molecular weight excluding hydrogens is 328 g/mol. The number of hydrogen-bond donors (Lipinski definition) is 1. The van der Waals surface area contributed by atoms with Crippen LogP contribution in [0.3, 0.4) is 0 Å². The van der Waals surface area contributed by atoms with E-state index in [0.29, 0.717) is 0 Å². The van der Waals surface area contributed by atoms with Crippen LogP contribution < -0.4 is 5.32 Å². The summed E-state index contributed by atoms with van der Waals surface area (Å²) >= 11 is 16.3. The molecule has 1 N–H and O–H groups in total. The van der Waals surface area contributed by atoms with Gasteiger partial charge in [0.1, 0.15) is 0 Å². The molecule has 0 aromatic rings. The number of nitrogens with one attached hydrogen (secondary N) is 1. The molecule has 1 nitrogen and oxygen atoms in total. The smallest absolute Gasteiger partial charge is 0.436 e. The van der Waals surface area contributed by atoms with Crippen molar-refractivity contribution in [2.24, 2.45) is 0 Å². The van der Waals surface area contributed by atoms with Crippen LogP contribution in [0.25, 0.3) is 0 Å². The molecule has 0 spiro atoms. The van der Waals surface area contributed by atoms with E-state index in [-0.39, 0.29) is 19.5 Å². The van der Waals surface area contributed by atoms with Crippen molar-refractivity contribution >= 4 is 59.1 Å². The minimum Gasteiger partial charge on any atom is -0.436 e. The van der Waals surface area contributed by atoms with Crippen LogP contribution in [0, 0.1) is 0 Å². The third kappa shape index (κ3) is 59.1. The molecule has 0 aliphatic carbocycles. The van der Waals surface area contributed by atoms with Gasteiger partial charge in [0.15, 0.2) is 0 Å². The zero-order valence-corrected chi connectivity index (χ0v) is 16.5. The fraction of sp³-hybridized carbons (Fsp3) is 0.800. The Morgan fingerprint density at radius 3 is 1.38 bits per heavy atom. The minimum atomic E-state index is 0. The molecule has 0 unspecified atom stereocenters. The van der Waals surface area contributed by atoms with Gasteiger partial charge in [-0.25, -0.2) is 0 Å². The van der Waals surface area contributed by atoms with Crippen LogP contribution in [0.2, 0.25) is 0 Å². The fourth-order valence-corrected chi connectivity index (χ4v) is 0.729. The van der Waals surface area contributed by atoms with Gasteiger partial charge in [-0.05, 0) is 25.9 Å². The quantitative estimate of drug-likeness (QED) is 0.341. The van der Waals surface area contributed by atoms with Gasteiger partial charge in [-0.2, -0.15) is 9.40 Å². The first-order valence-corrected chi connectivity index (χ1v) is 6.95. The van der Waals surface area contributed by atoms with Gasteiger partial charge in [0.2, 0.25) is 0 Å². The van der Waals surface area contributed by atoms with Crippen molar-refractivity contribution in [1.82, 2.24) is 5.32 Å². The molecule has 0 amide bonds. The molecule has 0 rings (SSSR count). The van der Waals surface area contributed by atoms with E-state index in [1.54, 1.807) is 0 Å². The van der Waals surface area contributed by atoms with E-state index < -0.39 is 0 Å². The van der Waals surface area contributed by atoms with Gasteiger partial charge < -0.3 is 55.0 Å². The fourth-order valence-electron chi connectivity index (χ4n) is 0.729. The van der Waals surface area contributed by atoms with Crippen molar-refractivity contribution in [3.05, 3.63) is 0 Å². The van der Waals surface area contributed by atoms with Gasteiger partial charge in [0.05, 0.1) is 0 Å². The van der Waals surface area contributed by atoms with Gasteiger partial charge in [0, 0.05) is 0 Å². The Balaban J connectivity index is -0.0000000870. The first kappa shape index (κ1) is 25.9. The summed E-state index contributed by atoms with van der Waals surface area (Å²) in [6, 6.07) is 0. The van der Waals surface area contributed by atoms with Crippen molar-refractivity contribution in [3.8, 4) is 0 Å². The average Bonchev–Trinajstić information content (AvgIpc) is 2.20. The van der Waals surface area contributed by atoms with Gasteiger partial charge >= 0.3 is 19.5 Å². The van der Waals surface area contributed by atoms with Crippen molar-refractivity contribution in [1.29, 1.82) is 0 Å². The first-order chi connectivity index (χ1) is 7.24. The van der Waals surface area contributed by atoms with Crippen LogP contribution in [-0.2, 0) is 44.7 Å². The maximum atomic E-state index is 4.08. The summed E-state index contributed by atoms with van der Waals surface area (Å²) in [4.78, 5) is 0. The van der Waals surface area contributed by atoms with Crippen LogP contribution in [0.5, 0.6) is 0 Å². The topological polar surface area (TPSA) is 12.0 Å². The first-order valence-electron chi connectivity index (χ1n) is 5.06. The third-order valence-corrected chi connectivity index (χ3v) is 1.41. The molecule has 0 saturated carbocycles. The predicted octanol–water partition coefficient (Wildman–Crippen LogP) is 3.15. The van der Waals surface area contributed by atoms with Crippen LogP contribution in [-0.4, -0.2) is 22.5 Å². The van der Waals surface area contributed by atoms with Crippen LogP contribution in [0.15, 0.2) is 0 Å². The molecule has 0 radical (unpaired) electrons. The summed E-state index contributed by atoms with van der Waals surface area (Å²) in [6.45, 7) is 6.86. The summed E-state index contributed by atoms with van der Waals surface area (Å²) in [5.41, 5.74) is 0. The molecule has 92 valence electrons. The molecule has 0 atom stereocenters. The molecule has 16 heavy (non-hydrogen) atoms. The molecule has 0 aromatic heterocycles. The van der Waals surface area contributed by atoms with E-state index in [9.17, 15) is 0 Å². The van der Waals surface area contributed by atoms with E-state index in [0.717, 1.165) is 0 Å². The van der Waals surface area contributed by atoms with Crippen molar-refractivity contribution in [3.63, 3.8) is 0 Å². The van der Waals surface area contributed by atoms with Crippen LogP contribution >= 0.6 is 24.4 Å². The number of thiocarbonyl (C=S) groups is 2. The Bertz CT molecular complexity index is 103. The molecule has 0 aliphatic heterocycles. The van der Waals surface area contributed by atoms with E-state index in [1.165, 1.54) is 48.2 Å². The summed E-state index contributed by atoms with van der Waals surface area (Å²) in [5.74, 6) is 0. The summed E-state index contributed by atoms with van der Waals surface area (Å²) < 4.78 is 2.33. The van der Waals surface area contributed by atoms with Crippen molar-refractivity contribution in [2.45, 2.75) is 39.5 Å². The summed E-state index contributed by atoms with van der Waals surface area (Å²) in [5, 5.41) is 3.39. The molecule has 0 saturated heterocycles. The largest absolute Gasteiger partial charge is 2.00 e. The Morgan fingerprint density at radius 2 is 1.19 bits per heavy atom.